The van der Waals surface area contributed by atoms with E-state index in [1.807, 2.05) is 36.4 Å². The number of carbonyl (C=O) groups is 2. The zero-order valence-electron chi connectivity index (χ0n) is 24.1. The Bertz CT molecular complexity index is 1180. The number of pyridine rings is 1. The van der Waals surface area contributed by atoms with Gasteiger partial charge in [-0.2, -0.15) is 0 Å². The predicted molar refractivity (Wildman–Crippen MR) is 162 cm³/mol. The molecule has 40 heavy (non-hydrogen) atoms. The molecular formula is C33H48N5O2+3. The lowest BCUT2D eigenvalue weighted by Gasteiger charge is -2.21. The first-order chi connectivity index (χ1) is 19.6. The molecule has 5 N–H and O–H groups in total. The minimum atomic E-state index is 0.0808. The standard InChI is InChI=1S/C33H45N5O2/c39-32(15-21-37-17-7-3-1-4-8-18-37)34-28-13-11-26-23-27-12-14-29(25-31(27)36-30(26)24-28)35-33(40)16-22-38-19-9-5-2-6-10-20-38/h11-14,23-25H,1-10,15-22H2,(H,34,39)(H,35,40)/p+3. The van der Waals surface area contributed by atoms with Gasteiger partial charge in [-0.3, -0.25) is 9.59 Å². The molecule has 0 atom stereocenters. The van der Waals surface area contributed by atoms with Gasteiger partial charge < -0.3 is 20.4 Å². The molecule has 2 fully saturated rings. The molecule has 2 aliphatic rings. The highest BCUT2D eigenvalue weighted by Gasteiger charge is 2.16. The second-order valence-electron chi connectivity index (χ2n) is 12.0. The van der Waals surface area contributed by atoms with Crippen LogP contribution in [0.5, 0.6) is 0 Å². The number of likely N-dealkylation sites (tertiary alicyclic amines) is 2. The Balaban J connectivity index is 1.17. The van der Waals surface area contributed by atoms with Gasteiger partial charge in [-0.1, -0.05) is 12.8 Å². The zero-order valence-corrected chi connectivity index (χ0v) is 24.1. The Kier molecular flexibility index (Phi) is 10.4. The Labute approximate surface area is 238 Å². The van der Waals surface area contributed by atoms with Crippen molar-refractivity contribution in [3.8, 4) is 0 Å². The molecule has 0 bridgehead atoms. The summed E-state index contributed by atoms with van der Waals surface area (Å²) in [7, 11) is 0. The van der Waals surface area contributed by atoms with E-state index in [9.17, 15) is 9.59 Å². The number of rotatable bonds is 8. The molecule has 7 heteroatoms. The number of quaternary nitrogens is 2. The molecule has 0 saturated carbocycles. The summed E-state index contributed by atoms with van der Waals surface area (Å²) < 4.78 is 0. The van der Waals surface area contributed by atoms with E-state index < -0.39 is 0 Å². The van der Waals surface area contributed by atoms with E-state index in [1.54, 1.807) is 9.80 Å². The number of aromatic nitrogens is 1. The number of aromatic amines is 1. The first-order valence-electron chi connectivity index (χ1n) is 15.8. The van der Waals surface area contributed by atoms with E-state index in [-0.39, 0.29) is 11.8 Å². The van der Waals surface area contributed by atoms with Crippen LogP contribution < -0.4 is 25.4 Å². The number of hydrogen-bond acceptors (Lipinski definition) is 2. The monoisotopic (exact) mass is 546 g/mol. The molecule has 5 rings (SSSR count). The average Bonchev–Trinajstić information content (AvgIpc) is 2.91. The largest absolute Gasteiger partial charge is 0.335 e. The van der Waals surface area contributed by atoms with Crippen LogP contribution in [0.4, 0.5) is 11.4 Å². The van der Waals surface area contributed by atoms with Gasteiger partial charge in [0.2, 0.25) is 22.8 Å². The van der Waals surface area contributed by atoms with Crippen LogP contribution in [0, 0.1) is 0 Å². The van der Waals surface area contributed by atoms with Crippen LogP contribution in [0.2, 0.25) is 0 Å². The van der Waals surface area contributed by atoms with Crippen molar-refractivity contribution in [2.45, 2.75) is 77.0 Å². The summed E-state index contributed by atoms with van der Waals surface area (Å²) in [6.45, 7) is 6.56. The van der Waals surface area contributed by atoms with E-state index in [0.29, 0.717) is 12.8 Å². The Morgan fingerprint density at radius 2 is 0.975 bits per heavy atom. The predicted octanol–water partition coefficient (Wildman–Crippen LogP) is 3.16. The summed E-state index contributed by atoms with van der Waals surface area (Å²) in [6, 6.07) is 14.2. The second-order valence-corrected chi connectivity index (χ2v) is 12.0. The number of nitrogens with one attached hydrogen (secondary N) is 5. The normalized spacial score (nSPS) is 18.0. The van der Waals surface area contributed by atoms with Crippen molar-refractivity contribution in [3.05, 3.63) is 42.5 Å². The minimum absolute atomic E-state index is 0.0808. The van der Waals surface area contributed by atoms with Gasteiger partial charge in [0, 0.05) is 34.3 Å². The smallest absolute Gasteiger partial charge is 0.230 e. The van der Waals surface area contributed by atoms with E-state index in [0.717, 1.165) is 46.3 Å². The van der Waals surface area contributed by atoms with Gasteiger partial charge in [-0.15, -0.1) is 0 Å². The number of H-pyrrole nitrogens is 1. The van der Waals surface area contributed by atoms with Crippen molar-refractivity contribution >= 4 is 45.0 Å². The first kappa shape index (κ1) is 28.5. The average molecular weight is 547 g/mol. The lowest BCUT2D eigenvalue weighted by molar-refractivity contribution is -0.900. The SMILES string of the molecule is O=C(CC[NH+]1CCCCCCC1)Nc1ccc2cc3ccc(NC(=O)CC[NH+]4CCCCCCC4)cc3[nH+]c2c1. The molecule has 7 nitrogen and oxygen atoms in total. The second kappa shape index (κ2) is 14.6. The number of anilines is 2. The van der Waals surface area contributed by atoms with E-state index in [1.165, 1.54) is 90.4 Å². The quantitative estimate of drug-likeness (QED) is 0.328. The van der Waals surface area contributed by atoms with Gasteiger partial charge >= 0.3 is 0 Å². The zero-order chi connectivity index (χ0) is 27.6. The maximum absolute atomic E-state index is 12.7. The topological polar surface area (TPSA) is 81.2 Å². The fourth-order valence-corrected chi connectivity index (χ4v) is 6.39. The summed E-state index contributed by atoms with van der Waals surface area (Å²) in [5, 5.41) is 8.38. The highest BCUT2D eigenvalue weighted by Crippen LogP contribution is 2.22. The highest BCUT2D eigenvalue weighted by atomic mass is 16.2. The molecule has 1 aromatic heterocycles. The number of hydrogen-bond donors (Lipinski definition) is 4. The molecule has 2 saturated heterocycles. The summed E-state index contributed by atoms with van der Waals surface area (Å²) in [5.41, 5.74) is 3.55. The van der Waals surface area contributed by atoms with Crippen LogP contribution >= 0.6 is 0 Å². The van der Waals surface area contributed by atoms with Crippen LogP contribution in [-0.4, -0.2) is 51.1 Å². The fourth-order valence-electron chi connectivity index (χ4n) is 6.39. The van der Waals surface area contributed by atoms with Crippen molar-refractivity contribution in [3.63, 3.8) is 0 Å². The molecule has 214 valence electrons. The third kappa shape index (κ3) is 8.48. The minimum Gasteiger partial charge on any atom is -0.335 e. The number of benzene rings is 2. The summed E-state index contributed by atoms with van der Waals surface area (Å²) >= 11 is 0. The third-order valence-corrected chi connectivity index (χ3v) is 8.79. The van der Waals surface area contributed by atoms with Gasteiger partial charge in [0.25, 0.3) is 0 Å². The van der Waals surface area contributed by atoms with Gasteiger partial charge in [0.05, 0.1) is 52.1 Å². The first-order valence-corrected chi connectivity index (χ1v) is 15.8. The third-order valence-electron chi connectivity index (χ3n) is 8.79. The van der Waals surface area contributed by atoms with Crippen molar-refractivity contribution in [1.29, 1.82) is 0 Å². The van der Waals surface area contributed by atoms with E-state index in [4.69, 9.17) is 0 Å². The molecule has 2 aromatic carbocycles. The Morgan fingerprint density at radius 3 is 1.40 bits per heavy atom. The number of fused-ring (bicyclic) bond motifs is 2. The molecule has 2 aliphatic heterocycles. The van der Waals surface area contributed by atoms with Gasteiger partial charge in [0.15, 0.2) is 0 Å². The van der Waals surface area contributed by atoms with E-state index >= 15 is 0 Å². The number of amides is 2. The van der Waals surface area contributed by atoms with Crippen molar-refractivity contribution in [1.82, 2.24) is 0 Å². The molecule has 0 spiro atoms. The molecule has 0 radical (unpaired) electrons. The van der Waals surface area contributed by atoms with Crippen LogP contribution in [0.1, 0.15) is 77.0 Å². The maximum atomic E-state index is 12.7. The Hall–Kier alpha value is -3.03. The fraction of sp³-hybridized carbons (Fsp3) is 0.545. The van der Waals surface area contributed by atoms with Crippen molar-refractivity contribution in [2.24, 2.45) is 0 Å². The van der Waals surface area contributed by atoms with Gasteiger partial charge in [-0.05, 0) is 81.7 Å². The summed E-state index contributed by atoms with van der Waals surface area (Å²) in [6.07, 6.45) is 14.2. The van der Waals surface area contributed by atoms with Crippen LogP contribution in [-0.2, 0) is 9.59 Å². The molecular weight excluding hydrogens is 498 g/mol. The van der Waals surface area contributed by atoms with Gasteiger partial charge in [-0.25, -0.2) is 4.98 Å². The van der Waals surface area contributed by atoms with Gasteiger partial charge in [0.1, 0.15) is 0 Å². The summed E-state index contributed by atoms with van der Waals surface area (Å²) in [4.78, 5) is 32.1. The van der Waals surface area contributed by atoms with Crippen LogP contribution in [0.25, 0.3) is 21.8 Å². The molecule has 2 amide bonds. The Morgan fingerprint density at radius 1 is 0.575 bits per heavy atom. The van der Waals surface area contributed by atoms with Crippen molar-refractivity contribution < 1.29 is 24.4 Å². The van der Waals surface area contributed by atoms with Crippen molar-refractivity contribution in [2.75, 3.05) is 49.9 Å². The van der Waals surface area contributed by atoms with Crippen LogP contribution in [0.3, 0.4) is 0 Å². The summed E-state index contributed by atoms with van der Waals surface area (Å²) in [5.74, 6) is 0.162. The maximum Gasteiger partial charge on any atom is 0.230 e. The highest BCUT2D eigenvalue weighted by molar-refractivity contribution is 5.96. The lowest BCUT2D eigenvalue weighted by Crippen LogP contribution is -3.12. The molecule has 0 aliphatic carbocycles. The molecule has 3 aromatic rings. The lowest BCUT2D eigenvalue weighted by atomic mass is 10.1. The van der Waals surface area contributed by atoms with Crippen LogP contribution in [0.15, 0.2) is 42.5 Å². The number of carbonyl (C=O) groups excluding carboxylic acids is 2. The molecule has 0 unspecified atom stereocenters. The van der Waals surface area contributed by atoms with E-state index in [2.05, 4.69) is 21.7 Å². The molecule has 3 heterocycles.